The molecule has 0 radical (unpaired) electrons. The summed E-state index contributed by atoms with van der Waals surface area (Å²) in [5.74, 6) is 1.12. The molecule has 2 heterocycles. The minimum absolute atomic E-state index is 0.517. The maximum Gasteiger partial charge on any atom is 0.222 e. The number of rotatable bonds is 5. The second-order valence-corrected chi connectivity index (χ2v) is 4.69. The van der Waals surface area contributed by atoms with Crippen LogP contribution in [0.25, 0.3) is 0 Å². The van der Waals surface area contributed by atoms with Gasteiger partial charge in [-0.25, -0.2) is 9.97 Å². The SMILES string of the molecule is CCCc1c(N)ncnc1OCc1cccs1. The summed E-state index contributed by atoms with van der Waals surface area (Å²) in [5.41, 5.74) is 6.74. The Labute approximate surface area is 104 Å². The van der Waals surface area contributed by atoms with Crippen LogP contribution in [0.4, 0.5) is 5.82 Å². The van der Waals surface area contributed by atoms with Crippen molar-refractivity contribution in [2.75, 3.05) is 5.73 Å². The highest BCUT2D eigenvalue weighted by molar-refractivity contribution is 7.09. The molecule has 0 fully saturated rings. The third-order valence-electron chi connectivity index (χ3n) is 2.37. The lowest BCUT2D eigenvalue weighted by Gasteiger charge is -2.10. The number of ether oxygens (including phenoxy) is 1. The average Bonchev–Trinajstić information content (AvgIpc) is 2.83. The molecule has 0 bridgehead atoms. The van der Waals surface area contributed by atoms with Crippen molar-refractivity contribution in [3.8, 4) is 5.88 Å². The zero-order valence-corrected chi connectivity index (χ0v) is 10.5. The zero-order chi connectivity index (χ0) is 12.1. The van der Waals surface area contributed by atoms with Crippen LogP contribution in [0, 0.1) is 0 Å². The molecule has 2 aromatic rings. The van der Waals surface area contributed by atoms with Crippen molar-refractivity contribution >= 4 is 17.2 Å². The summed E-state index contributed by atoms with van der Waals surface area (Å²) in [7, 11) is 0. The molecule has 2 N–H and O–H groups in total. The molecule has 90 valence electrons. The van der Waals surface area contributed by atoms with Crippen LogP contribution >= 0.6 is 11.3 Å². The van der Waals surface area contributed by atoms with Gasteiger partial charge < -0.3 is 10.5 Å². The fraction of sp³-hybridized carbons (Fsp3) is 0.333. The van der Waals surface area contributed by atoms with Crippen LogP contribution in [0.1, 0.15) is 23.8 Å². The Kier molecular flexibility index (Phi) is 3.93. The average molecular weight is 249 g/mol. The first-order valence-electron chi connectivity index (χ1n) is 5.55. The fourth-order valence-corrected chi connectivity index (χ4v) is 2.17. The van der Waals surface area contributed by atoms with Crippen molar-refractivity contribution in [1.29, 1.82) is 0 Å². The number of anilines is 1. The molecule has 0 aliphatic carbocycles. The van der Waals surface area contributed by atoms with Gasteiger partial charge in [0.1, 0.15) is 18.8 Å². The van der Waals surface area contributed by atoms with Crippen LogP contribution < -0.4 is 10.5 Å². The summed E-state index contributed by atoms with van der Waals surface area (Å²) >= 11 is 1.67. The van der Waals surface area contributed by atoms with Crippen molar-refractivity contribution in [3.63, 3.8) is 0 Å². The minimum atomic E-state index is 0.517. The zero-order valence-electron chi connectivity index (χ0n) is 9.72. The van der Waals surface area contributed by atoms with Crippen LogP contribution in [0.5, 0.6) is 5.88 Å². The molecule has 4 nitrogen and oxygen atoms in total. The van der Waals surface area contributed by atoms with E-state index in [9.17, 15) is 0 Å². The molecular weight excluding hydrogens is 234 g/mol. The van der Waals surface area contributed by atoms with E-state index in [4.69, 9.17) is 10.5 Å². The molecule has 2 aromatic heterocycles. The van der Waals surface area contributed by atoms with E-state index in [1.54, 1.807) is 11.3 Å². The van der Waals surface area contributed by atoms with E-state index in [2.05, 4.69) is 16.9 Å². The monoisotopic (exact) mass is 249 g/mol. The highest BCUT2D eigenvalue weighted by Crippen LogP contribution is 2.22. The Bertz CT molecular complexity index is 471. The standard InChI is InChI=1S/C12H15N3OS/c1-2-4-10-11(13)14-8-15-12(10)16-7-9-5-3-6-17-9/h3,5-6,8H,2,4,7H2,1H3,(H2,13,14,15). The normalized spacial score (nSPS) is 10.4. The van der Waals surface area contributed by atoms with Gasteiger partial charge in [0.25, 0.3) is 0 Å². The van der Waals surface area contributed by atoms with Gasteiger partial charge in [0, 0.05) is 4.88 Å². The van der Waals surface area contributed by atoms with E-state index in [-0.39, 0.29) is 0 Å². The number of nitrogens with two attached hydrogens (primary N) is 1. The third kappa shape index (κ3) is 2.94. The van der Waals surface area contributed by atoms with Crippen LogP contribution in [0.15, 0.2) is 23.8 Å². The van der Waals surface area contributed by atoms with Gasteiger partial charge in [-0.3, -0.25) is 0 Å². The number of nitrogens with zero attached hydrogens (tertiary/aromatic N) is 2. The molecular formula is C12H15N3OS. The fourth-order valence-electron chi connectivity index (χ4n) is 1.55. The van der Waals surface area contributed by atoms with E-state index in [1.165, 1.54) is 11.2 Å². The Morgan fingerprint density at radius 2 is 2.29 bits per heavy atom. The second kappa shape index (κ2) is 5.63. The summed E-state index contributed by atoms with van der Waals surface area (Å²) in [6.07, 6.45) is 3.28. The summed E-state index contributed by atoms with van der Waals surface area (Å²) in [5, 5.41) is 2.03. The van der Waals surface area contributed by atoms with E-state index < -0.39 is 0 Å². The van der Waals surface area contributed by atoms with Gasteiger partial charge in [-0.15, -0.1) is 11.3 Å². The lowest BCUT2D eigenvalue weighted by Crippen LogP contribution is -2.05. The van der Waals surface area contributed by atoms with Gasteiger partial charge in [-0.2, -0.15) is 0 Å². The highest BCUT2D eigenvalue weighted by Gasteiger charge is 2.09. The first kappa shape index (κ1) is 11.9. The Morgan fingerprint density at radius 3 is 3.00 bits per heavy atom. The van der Waals surface area contributed by atoms with Crippen molar-refractivity contribution in [2.45, 2.75) is 26.4 Å². The van der Waals surface area contributed by atoms with Crippen LogP contribution in [-0.2, 0) is 13.0 Å². The molecule has 0 aliphatic rings. The smallest absolute Gasteiger partial charge is 0.222 e. The summed E-state index contributed by atoms with van der Waals surface area (Å²) in [6.45, 7) is 2.63. The Balaban J connectivity index is 2.11. The van der Waals surface area contributed by atoms with Gasteiger partial charge in [0.15, 0.2) is 0 Å². The van der Waals surface area contributed by atoms with Gasteiger partial charge in [0.05, 0.1) is 5.56 Å². The number of thiophene rings is 1. The first-order valence-corrected chi connectivity index (χ1v) is 6.43. The lowest BCUT2D eigenvalue weighted by molar-refractivity contribution is 0.293. The first-order chi connectivity index (χ1) is 8.31. The number of nitrogen functional groups attached to an aromatic ring is 1. The molecule has 2 rings (SSSR count). The molecule has 17 heavy (non-hydrogen) atoms. The molecule has 5 heteroatoms. The Morgan fingerprint density at radius 1 is 1.41 bits per heavy atom. The number of hydrogen-bond donors (Lipinski definition) is 1. The number of hydrogen-bond acceptors (Lipinski definition) is 5. The van der Waals surface area contributed by atoms with Crippen molar-refractivity contribution in [1.82, 2.24) is 9.97 Å². The van der Waals surface area contributed by atoms with Crippen LogP contribution in [-0.4, -0.2) is 9.97 Å². The molecule has 0 aliphatic heterocycles. The second-order valence-electron chi connectivity index (χ2n) is 3.66. The predicted molar refractivity (Wildman–Crippen MR) is 69.1 cm³/mol. The summed E-state index contributed by atoms with van der Waals surface area (Å²) in [6, 6.07) is 4.04. The molecule has 0 spiro atoms. The number of aromatic nitrogens is 2. The predicted octanol–water partition coefficient (Wildman–Crippen LogP) is 2.65. The van der Waals surface area contributed by atoms with Crippen molar-refractivity contribution in [3.05, 3.63) is 34.3 Å². The molecule has 0 saturated carbocycles. The lowest BCUT2D eigenvalue weighted by atomic mass is 10.2. The van der Waals surface area contributed by atoms with Gasteiger partial charge >= 0.3 is 0 Å². The van der Waals surface area contributed by atoms with Gasteiger partial charge in [-0.1, -0.05) is 19.4 Å². The maximum absolute atomic E-state index is 5.83. The summed E-state index contributed by atoms with van der Waals surface area (Å²) < 4.78 is 5.69. The van der Waals surface area contributed by atoms with Crippen molar-refractivity contribution < 1.29 is 4.74 Å². The molecule has 0 saturated heterocycles. The molecule has 0 unspecified atom stereocenters. The van der Waals surface area contributed by atoms with Crippen molar-refractivity contribution in [2.24, 2.45) is 0 Å². The summed E-state index contributed by atoms with van der Waals surface area (Å²) in [4.78, 5) is 9.31. The van der Waals surface area contributed by atoms with Crippen LogP contribution in [0.3, 0.4) is 0 Å². The molecule has 0 atom stereocenters. The van der Waals surface area contributed by atoms with Gasteiger partial charge in [0.2, 0.25) is 5.88 Å². The third-order valence-corrected chi connectivity index (χ3v) is 3.22. The highest BCUT2D eigenvalue weighted by atomic mass is 32.1. The maximum atomic E-state index is 5.83. The molecule has 0 aromatic carbocycles. The van der Waals surface area contributed by atoms with Gasteiger partial charge in [-0.05, 0) is 17.9 Å². The Hall–Kier alpha value is -1.62. The van der Waals surface area contributed by atoms with E-state index in [0.717, 1.165) is 18.4 Å². The largest absolute Gasteiger partial charge is 0.472 e. The van der Waals surface area contributed by atoms with E-state index >= 15 is 0 Å². The molecule has 0 amide bonds. The minimum Gasteiger partial charge on any atom is -0.472 e. The van der Waals surface area contributed by atoms with Crippen LogP contribution in [0.2, 0.25) is 0 Å². The van der Waals surface area contributed by atoms with E-state index in [1.807, 2.05) is 17.5 Å². The van der Waals surface area contributed by atoms with E-state index in [0.29, 0.717) is 18.3 Å². The quantitative estimate of drug-likeness (QED) is 0.885. The topological polar surface area (TPSA) is 61.0 Å².